The molecule has 0 radical (unpaired) electrons. The van der Waals surface area contributed by atoms with Gasteiger partial charge in [-0.15, -0.1) is 0 Å². The minimum absolute atomic E-state index is 0.135. The van der Waals surface area contributed by atoms with Gasteiger partial charge in [-0.25, -0.2) is 4.39 Å². The summed E-state index contributed by atoms with van der Waals surface area (Å²) in [5.41, 5.74) is 8.82. The number of rotatable bonds is 8. The van der Waals surface area contributed by atoms with Gasteiger partial charge in [0.2, 0.25) is 0 Å². The van der Waals surface area contributed by atoms with Crippen molar-refractivity contribution in [3.05, 3.63) is 53.8 Å². The minimum Gasteiger partial charge on any atom is -0.496 e. The number of ether oxygens (including phenoxy) is 2. The molecule has 2 N–H and O–H groups in total. The second-order valence-corrected chi connectivity index (χ2v) is 6.39. The molecule has 0 fully saturated rings. The van der Waals surface area contributed by atoms with Crippen LogP contribution in [0.25, 0.3) is 11.1 Å². The molecular formula is C21H26FNO3. The molecule has 0 aliphatic carbocycles. The van der Waals surface area contributed by atoms with E-state index >= 15 is 0 Å². The van der Waals surface area contributed by atoms with Gasteiger partial charge in [-0.1, -0.05) is 31.2 Å². The van der Waals surface area contributed by atoms with E-state index in [2.05, 4.69) is 0 Å². The van der Waals surface area contributed by atoms with Gasteiger partial charge in [0.25, 0.3) is 0 Å². The van der Waals surface area contributed by atoms with Gasteiger partial charge >= 0.3 is 5.97 Å². The van der Waals surface area contributed by atoms with Crippen LogP contribution in [-0.4, -0.2) is 25.7 Å². The second kappa shape index (κ2) is 9.34. The number of nitrogens with two attached hydrogens (primary N) is 1. The van der Waals surface area contributed by atoms with E-state index in [1.807, 2.05) is 31.2 Å². The maximum Gasteiger partial charge on any atom is 0.308 e. The molecule has 2 aromatic rings. The smallest absolute Gasteiger partial charge is 0.308 e. The molecule has 0 bridgehead atoms. The summed E-state index contributed by atoms with van der Waals surface area (Å²) in [6.07, 6.45) is 1.22. The average molecular weight is 359 g/mol. The fourth-order valence-electron chi connectivity index (χ4n) is 2.95. The van der Waals surface area contributed by atoms with Crippen molar-refractivity contribution < 1.29 is 18.7 Å². The fourth-order valence-corrected chi connectivity index (χ4v) is 2.95. The largest absolute Gasteiger partial charge is 0.496 e. The summed E-state index contributed by atoms with van der Waals surface area (Å²) < 4.78 is 23.9. The number of carbonyl (C=O) groups is 1. The van der Waals surface area contributed by atoms with E-state index in [0.717, 1.165) is 11.1 Å². The number of carbonyl (C=O) groups excluding carboxylic acids is 1. The molecule has 0 aliphatic heterocycles. The number of hydrogen-bond acceptors (Lipinski definition) is 4. The zero-order valence-electron chi connectivity index (χ0n) is 15.5. The van der Waals surface area contributed by atoms with E-state index in [4.69, 9.17) is 15.2 Å². The molecular weight excluding hydrogens is 333 g/mol. The van der Waals surface area contributed by atoms with Crippen LogP contribution in [-0.2, 0) is 16.0 Å². The lowest BCUT2D eigenvalue weighted by molar-refractivity contribution is -0.147. The first kappa shape index (κ1) is 19.9. The van der Waals surface area contributed by atoms with Crippen LogP contribution in [0.15, 0.2) is 42.5 Å². The van der Waals surface area contributed by atoms with Gasteiger partial charge in [-0.2, -0.15) is 0 Å². The third-order valence-electron chi connectivity index (χ3n) is 4.27. The maximum absolute atomic E-state index is 13.6. The van der Waals surface area contributed by atoms with Crippen LogP contribution in [0.5, 0.6) is 5.75 Å². The first-order valence-electron chi connectivity index (χ1n) is 8.79. The molecule has 2 rings (SSSR count). The van der Waals surface area contributed by atoms with Gasteiger partial charge in [-0.3, -0.25) is 4.79 Å². The highest BCUT2D eigenvalue weighted by Crippen LogP contribution is 2.30. The quantitative estimate of drug-likeness (QED) is 0.725. The lowest BCUT2D eigenvalue weighted by Crippen LogP contribution is -2.29. The van der Waals surface area contributed by atoms with Crippen LogP contribution in [0.4, 0.5) is 4.39 Å². The molecule has 5 heteroatoms. The van der Waals surface area contributed by atoms with Gasteiger partial charge in [0, 0.05) is 11.6 Å². The second-order valence-electron chi connectivity index (χ2n) is 6.39. The van der Waals surface area contributed by atoms with Crippen molar-refractivity contribution in [2.24, 2.45) is 11.7 Å². The molecule has 0 aliphatic rings. The van der Waals surface area contributed by atoms with Crippen LogP contribution >= 0.6 is 0 Å². The number of benzene rings is 2. The number of hydrogen-bond donors (Lipinski definition) is 1. The highest BCUT2D eigenvalue weighted by Gasteiger charge is 2.18. The highest BCUT2D eigenvalue weighted by molar-refractivity contribution is 5.72. The normalized spacial score (nSPS) is 13.1. The zero-order valence-corrected chi connectivity index (χ0v) is 15.5. The van der Waals surface area contributed by atoms with Gasteiger partial charge < -0.3 is 15.2 Å². The summed E-state index contributed by atoms with van der Waals surface area (Å²) in [6.45, 7) is 4.00. The Kier molecular flexibility index (Phi) is 7.16. The maximum atomic E-state index is 13.6. The topological polar surface area (TPSA) is 61.5 Å². The van der Waals surface area contributed by atoms with Crippen LogP contribution in [0, 0.1) is 11.7 Å². The molecule has 26 heavy (non-hydrogen) atoms. The molecule has 4 nitrogen and oxygen atoms in total. The van der Waals surface area contributed by atoms with Crippen LogP contribution in [0.1, 0.15) is 25.8 Å². The van der Waals surface area contributed by atoms with E-state index in [1.54, 1.807) is 20.1 Å². The Hall–Kier alpha value is -2.40. The predicted molar refractivity (Wildman–Crippen MR) is 100 cm³/mol. The average Bonchev–Trinajstić information content (AvgIpc) is 2.62. The van der Waals surface area contributed by atoms with E-state index in [9.17, 15) is 9.18 Å². The Labute approximate surface area is 154 Å². The first-order valence-corrected chi connectivity index (χ1v) is 8.79. The van der Waals surface area contributed by atoms with Crippen molar-refractivity contribution in [1.82, 2.24) is 0 Å². The molecule has 0 aromatic heterocycles. The minimum atomic E-state index is -0.306. The summed E-state index contributed by atoms with van der Waals surface area (Å²) in [6, 6.07) is 12.1. The Morgan fingerprint density at radius 2 is 1.88 bits per heavy atom. The van der Waals surface area contributed by atoms with Crippen LogP contribution < -0.4 is 10.5 Å². The van der Waals surface area contributed by atoms with Crippen molar-refractivity contribution >= 4 is 5.97 Å². The predicted octanol–water partition coefficient (Wildman–Crippen LogP) is 3.96. The summed E-state index contributed by atoms with van der Waals surface area (Å²) in [4.78, 5) is 11.7. The fraction of sp³-hybridized carbons (Fsp3) is 0.381. The Balaban J connectivity index is 2.04. The number of halogens is 1. The summed E-state index contributed by atoms with van der Waals surface area (Å²) in [7, 11) is 1.56. The number of methoxy groups -OCH3 is 1. The van der Waals surface area contributed by atoms with E-state index in [1.165, 1.54) is 12.1 Å². The van der Waals surface area contributed by atoms with Gasteiger partial charge in [-0.05, 0) is 49.1 Å². The SMILES string of the molecule is CCOC(=O)C(C)C[C@H](N)Cc1ccc(-c2cc(F)ccc2OC)cc1. The lowest BCUT2D eigenvalue weighted by atomic mass is 9.95. The number of esters is 1. The van der Waals surface area contributed by atoms with Crippen molar-refractivity contribution in [2.45, 2.75) is 32.7 Å². The van der Waals surface area contributed by atoms with Crippen molar-refractivity contribution in [3.63, 3.8) is 0 Å². The molecule has 2 aromatic carbocycles. The lowest BCUT2D eigenvalue weighted by Gasteiger charge is -2.16. The molecule has 140 valence electrons. The molecule has 0 heterocycles. The molecule has 0 amide bonds. The monoisotopic (exact) mass is 359 g/mol. The van der Waals surface area contributed by atoms with Gasteiger partial charge in [0.1, 0.15) is 11.6 Å². The third kappa shape index (κ3) is 5.30. The molecule has 2 atom stereocenters. The zero-order chi connectivity index (χ0) is 19.1. The summed E-state index contributed by atoms with van der Waals surface area (Å²) >= 11 is 0. The Bertz CT molecular complexity index is 731. The molecule has 0 saturated carbocycles. The van der Waals surface area contributed by atoms with Crippen molar-refractivity contribution in [2.75, 3.05) is 13.7 Å². The summed E-state index contributed by atoms with van der Waals surface area (Å²) in [5, 5.41) is 0. The van der Waals surface area contributed by atoms with E-state index < -0.39 is 0 Å². The van der Waals surface area contributed by atoms with E-state index in [-0.39, 0.29) is 23.7 Å². The van der Waals surface area contributed by atoms with Gasteiger partial charge in [0.05, 0.1) is 19.6 Å². The summed E-state index contributed by atoms with van der Waals surface area (Å²) in [5.74, 6) is -0.115. The van der Waals surface area contributed by atoms with Crippen molar-refractivity contribution in [3.8, 4) is 16.9 Å². The first-order chi connectivity index (χ1) is 12.4. The molecule has 0 saturated heterocycles. The molecule has 0 spiro atoms. The van der Waals surface area contributed by atoms with Gasteiger partial charge in [0.15, 0.2) is 0 Å². The molecule has 1 unspecified atom stereocenters. The Morgan fingerprint density at radius 3 is 2.50 bits per heavy atom. The Morgan fingerprint density at radius 1 is 1.19 bits per heavy atom. The van der Waals surface area contributed by atoms with Crippen molar-refractivity contribution in [1.29, 1.82) is 0 Å². The standard InChI is InChI=1S/C21H26FNO3/c1-4-26-21(24)14(2)11-18(23)12-15-5-7-16(8-6-15)19-13-17(22)9-10-20(19)25-3/h5-10,13-14,18H,4,11-12,23H2,1-3H3/t14?,18-/m0/s1. The van der Waals surface area contributed by atoms with E-state index in [0.29, 0.717) is 30.8 Å². The highest BCUT2D eigenvalue weighted by atomic mass is 19.1. The third-order valence-corrected chi connectivity index (χ3v) is 4.27. The van der Waals surface area contributed by atoms with Crippen LogP contribution in [0.3, 0.4) is 0 Å². The van der Waals surface area contributed by atoms with Crippen LogP contribution in [0.2, 0.25) is 0 Å².